The SMILES string of the molecule is COc1ccc(S(=O)(=O)Nc2ccccc2C(=O)N(C)Cc2ccco2)cc1OC. The molecule has 1 aromatic heterocycles. The lowest BCUT2D eigenvalue weighted by Crippen LogP contribution is -2.27. The van der Waals surface area contributed by atoms with Crippen molar-refractivity contribution >= 4 is 21.6 Å². The highest BCUT2D eigenvalue weighted by molar-refractivity contribution is 7.92. The average molecular weight is 430 g/mol. The number of anilines is 1. The predicted molar refractivity (Wildman–Crippen MR) is 111 cm³/mol. The van der Waals surface area contributed by atoms with Gasteiger partial charge in [0.2, 0.25) is 0 Å². The number of carbonyl (C=O) groups excluding carboxylic acids is 1. The summed E-state index contributed by atoms with van der Waals surface area (Å²) >= 11 is 0. The molecular formula is C21H22N2O6S. The molecule has 0 radical (unpaired) electrons. The fraction of sp³-hybridized carbons (Fsp3) is 0.190. The van der Waals surface area contributed by atoms with E-state index in [-0.39, 0.29) is 34.3 Å². The van der Waals surface area contributed by atoms with E-state index in [1.165, 1.54) is 49.6 Å². The molecule has 2 aromatic carbocycles. The second-order valence-electron chi connectivity index (χ2n) is 6.41. The molecule has 0 aliphatic rings. The number of hydrogen-bond donors (Lipinski definition) is 1. The first-order valence-electron chi connectivity index (χ1n) is 8.97. The van der Waals surface area contributed by atoms with Crippen LogP contribution in [0.4, 0.5) is 5.69 Å². The maximum Gasteiger partial charge on any atom is 0.262 e. The van der Waals surface area contributed by atoms with Crippen LogP contribution in [0.15, 0.2) is 70.2 Å². The first-order valence-corrected chi connectivity index (χ1v) is 10.5. The number of nitrogens with zero attached hydrogens (tertiary/aromatic N) is 1. The highest BCUT2D eigenvalue weighted by Crippen LogP contribution is 2.30. The second kappa shape index (κ2) is 8.91. The number of ether oxygens (including phenoxy) is 2. The largest absolute Gasteiger partial charge is 0.493 e. The molecular weight excluding hydrogens is 408 g/mol. The normalized spacial score (nSPS) is 11.0. The third-order valence-corrected chi connectivity index (χ3v) is 5.75. The van der Waals surface area contributed by atoms with Crippen LogP contribution in [0.5, 0.6) is 11.5 Å². The summed E-state index contributed by atoms with van der Waals surface area (Å²) in [6, 6.07) is 14.2. The smallest absolute Gasteiger partial charge is 0.262 e. The molecule has 0 aliphatic carbocycles. The maximum absolute atomic E-state index is 12.9. The summed E-state index contributed by atoms with van der Waals surface area (Å²) in [6.07, 6.45) is 1.53. The van der Waals surface area contributed by atoms with E-state index in [1.807, 2.05) is 0 Å². The zero-order valence-corrected chi connectivity index (χ0v) is 17.6. The quantitative estimate of drug-likeness (QED) is 0.588. The molecule has 0 saturated carbocycles. The minimum Gasteiger partial charge on any atom is -0.493 e. The van der Waals surface area contributed by atoms with Gasteiger partial charge in [0, 0.05) is 13.1 Å². The van der Waals surface area contributed by atoms with Gasteiger partial charge in [-0.05, 0) is 36.4 Å². The molecule has 3 rings (SSSR count). The van der Waals surface area contributed by atoms with Crippen molar-refractivity contribution in [3.8, 4) is 11.5 Å². The van der Waals surface area contributed by atoms with Gasteiger partial charge >= 0.3 is 0 Å². The van der Waals surface area contributed by atoms with E-state index in [0.717, 1.165) is 0 Å². The van der Waals surface area contributed by atoms with Crippen molar-refractivity contribution in [2.75, 3.05) is 26.0 Å². The van der Waals surface area contributed by atoms with Gasteiger partial charge in [-0.15, -0.1) is 0 Å². The monoisotopic (exact) mass is 430 g/mol. The molecule has 1 heterocycles. The van der Waals surface area contributed by atoms with Crippen LogP contribution in [0, 0.1) is 0 Å². The zero-order chi connectivity index (χ0) is 21.7. The zero-order valence-electron chi connectivity index (χ0n) is 16.8. The van der Waals surface area contributed by atoms with Gasteiger partial charge in [0.05, 0.1) is 43.2 Å². The Balaban J connectivity index is 1.87. The van der Waals surface area contributed by atoms with Gasteiger partial charge in [-0.25, -0.2) is 8.42 Å². The summed E-state index contributed by atoms with van der Waals surface area (Å²) in [7, 11) is 0.523. The van der Waals surface area contributed by atoms with Crippen LogP contribution in [-0.4, -0.2) is 40.5 Å². The van der Waals surface area contributed by atoms with E-state index in [9.17, 15) is 13.2 Å². The lowest BCUT2D eigenvalue weighted by molar-refractivity contribution is 0.0776. The Morgan fingerprint density at radius 1 is 1.03 bits per heavy atom. The van der Waals surface area contributed by atoms with E-state index < -0.39 is 10.0 Å². The lowest BCUT2D eigenvalue weighted by atomic mass is 10.1. The highest BCUT2D eigenvalue weighted by atomic mass is 32.2. The van der Waals surface area contributed by atoms with Gasteiger partial charge in [0.15, 0.2) is 11.5 Å². The molecule has 0 fully saturated rings. The van der Waals surface area contributed by atoms with Crippen LogP contribution in [0.2, 0.25) is 0 Å². The van der Waals surface area contributed by atoms with Crippen molar-refractivity contribution in [3.05, 3.63) is 72.2 Å². The molecule has 9 heteroatoms. The standard InChI is InChI=1S/C21H22N2O6S/c1-23(14-15-7-6-12-29-15)21(24)17-8-4-5-9-18(17)22-30(25,26)16-10-11-19(27-2)20(13-16)28-3/h4-13,22H,14H2,1-3H3. The fourth-order valence-electron chi connectivity index (χ4n) is 2.86. The molecule has 158 valence electrons. The molecule has 8 nitrogen and oxygen atoms in total. The molecule has 0 spiro atoms. The molecule has 1 amide bonds. The summed E-state index contributed by atoms with van der Waals surface area (Å²) < 4.78 is 43.9. The summed E-state index contributed by atoms with van der Waals surface area (Å²) in [5.41, 5.74) is 0.388. The molecule has 0 bridgehead atoms. The van der Waals surface area contributed by atoms with Gasteiger partial charge in [-0.1, -0.05) is 12.1 Å². The van der Waals surface area contributed by atoms with Crippen LogP contribution >= 0.6 is 0 Å². The number of nitrogens with one attached hydrogen (secondary N) is 1. The van der Waals surface area contributed by atoms with Crippen LogP contribution < -0.4 is 14.2 Å². The van der Waals surface area contributed by atoms with E-state index in [0.29, 0.717) is 11.5 Å². The average Bonchev–Trinajstić information content (AvgIpc) is 3.25. The van der Waals surface area contributed by atoms with Crippen molar-refractivity contribution < 1.29 is 27.1 Å². The maximum atomic E-state index is 12.9. The Labute approximate surface area is 175 Å². The number of carbonyl (C=O) groups is 1. The van der Waals surface area contributed by atoms with Gasteiger partial charge in [0.25, 0.3) is 15.9 Å². The minimum absolute atomic E-state index is 0.0219. The van der Waals surface area contributed by atoms with Gasteiger partial charge in [0.1, 0.15) is 5.76 Å². The number of amides is 1. The Kier molecular flexibility index (Phi) is 6.31. The topological polar surface area (TPSA) is 98.1 Å². The fourth-order valence-corrected chi connectivity index (χ4v) is 3.95. The van der Waals surface area contributed by atoms with E-state index >= 15 is 0 Å². The van der Waals surface area contributed by atoms with Gasteiger partial charge in [-0.3, -0.25) is 9.52 Å². The number of para-hydroxylation sites is 1. The molecule has 0 atom stereocenters. The summed E-state index contributed by atoms with van der Waals surface area (Å²) in [5.74, 6) is 0.959. The molecule has 0 saturated heterocycles. The van der Waals surface area contributed by atoms with Crippen molar-refractivity contribution in [2.24, 2.45) is 0 Å². The van der Waals surface area contributed by atoms with Crippen LogP contribution in [0.1, 0.15) is 16.1 Å². The molecule has 1 N–H and O–H groups in total. The summed E-state index contributed by atoms with van der Waals surface area (Å²) in [4.78, 5) is 14.3. The Morgan fingerprint density at radius 2 is 1.77 bits per heavy atom. The highest BCUT2D eigenvalue weighted by Gasteiger charge is 2.22. The minimum atomic E-state index is -3.98. The van der Waals surface area contributed by atoms with Gasteiger partial charge < -0.3 is 18.8 Å². The van der Waals surface area contributed by atoms with Crippen molar-refractivity contribution in [3.63, 3.8) is 0 Å². The number of furan rings is 1. The molecule has 0 unspecified atom stereocenters. The van der Waals surface area contributed by atoms with Crippen molar-refractivity contribution in [1.82, 2.24) is 4.90 Å². The molecule has 3 aromatic rings. The lowest BCUT2D eigenvalue weighted by Gasteiger charge is -2.19. The van der Waals surface area contributed by atoms with Crippen LogP contribution in [0.3, 0.4) is 0 Å². The molecule has 0 aliphatic heterocycles. The third kappa shape index (κ3) is 4.57. The summed E-state index contributed by atoms with van der Waals surface area (Å²) in [6.45, 7) is 0.253. The predicted octanol–water partition coefficient (Wildman–Crippen LogP) is 3.37. The van der Waals surface area contributed by atoms with E-state index in [2.05, 4.69) is 4.72 Å². The first-order chi connectivity index (χ1) is 14.4. The van der Waals surface area contributed by atoms with Crippen LogP contribution in [-0.2, 0) is 16.6 Å². The number of methoxy groups -OCH3 is 2. The van der Waals surface area contributed by atoms with E-state index in [4.69, 9.17) is 13.9 Å². The molecule has 30 heavy (non-hydrogen) atoms. The number of rotatable bonds is 8. The summed E-state index contributed by atoms with van der Waals surface area (Å²) in [5, 5.41) is 0. The van der Waals surface area contributed by atoms with E-state index in [1.54, 1.807) is 37.4 Å². The second-order valence-corrected chi connectivity index (χ2v) is 8.09. The number of hydrogen-bond acceptors (Lipinski definition) is 6. The number of sulfonamides is 1. The van der Waals surface area contributed by atoms with Crippen LogP contribution in [0.25, 0.3) is 0 Å². The van der Waals surface area contributed by atoms with Crippen molar-refractivity contribution in [2.45, 2.75) is 11.4 Å². The van der Waals surface area contributed by atoms with Crippen molar-refractivity contribution in [1.29, 1.82) is 0 Å². The van der Waals surface area contributed by atoms with Gasteiger partial charge in [-0.2, -0.15) is 0 Å². The Morgan fingerprint density at radius 3 is 2.43 bits per heavy atom. The first kappa shape index (κ1) is 21.3. The Hall–Kier alpha value is -3.46. The Bertz CT molecular complexity index is 1130. The number of benzene rings is 2. The third-order valence-electron chi connectivity index (χ3n) is 4.39.